The molecule has 9 nitrogen and oxygen atoms in total. The van der Waals surface area contributed by atoms with E-state index in [-0.39, 0.29) is 38.6 Å². The Morgan fingerprint density at radius 3 is 0.865 bits per heavy atom. The van der Waals surface area contributed by atoms with Crippen LogP contribution in [0.4, 0.5) is 0 Å². The van der Waals surface area contributed by atoms with Crippen LogP contribution in [0.2, 0.25) is 0 Å². The van der Waals surface area contributed by atoms with Gasteiger partial charge in [0, 0.05) is 19.4 Å². The number of carbonyl (C=O) groups is 2. The lowest BCUT2D eigenvalue weighted by Crippen LogP contribution is -2.29. The molecular formula is C79H152NO8P. The first-order valence-corrected chi connectivity index (χ1v) is 41.0. The van der Waals surface area contributed by atoms with Crippen LogP contribution in [-0.4, -0.2) is 49.3 Å². The first-order chi connectivity index (χ1) is 43.8. The van der Waals surface area contributed by atoms with Gasteiger partial charge < -0.3 is 20.1 Å². The Hall–Kier alpha value is -1.77. The minimum absolute atomic E-state index is 0.0564. The summed E-state index contributed by atoms with van der Waals surface area (Å²) in [4.78, 5) is 35.4. The van der Waals surface area contributed by atoms with Gasteiger partial charge in [-0.15, -0.1) is 0 Å². The molecule has 0 rings (SSSR count). The van der Waals surface area contributed by atoms with Crippen LogP contribution in [0.25, 0.3) is 0 Å². The molecule has 0 heterocycles. The Bertz CT molecular complexity index is 1550. The molecule has 0 bridgehead atoms. The van der Waals surface area contributed by atoms with Crippen LogP contribution in [0.5, 0.6) is 0 Å². The molecule has 0 radical (unpaired) electrons. The SMILES string of the molecule is CCCCCCC/C=C\C/C=C\CCCCCCCCCCCCCCCCCCCCCC(=O)OC(COC(=O)CCCCCCCCCCCCCCCCCCCCCCCCCCC/C=C\CCCCCCCCCC)COP(=O)(O)OCCN. The van der Waals surface area contributed by atoms with Crippen molar-refractivity contribution < 1.29 is 37.6 Å². The molecule has 0 aliphatic heterocycles. The Morgan fingerprint density at radius 1 is 0.337 bits per heavy atom. The van der Waals surface area contributed by atoms with Gasteiger partial charge in [0.1, 0.15) is 6.61 Å². The van der Waals surface area contributed by atoms with E-state index in [0.717, 1.165) is 38.5 Å². The number of rotatable bonds is 76. The summed E-state index contributed by atoms with van der Waals surface area (Å²) in [6, 6.07) is 0. The number of unbranched alkanes of at least 4 members (excludes halogenated alkanes) is 57. The second-order valence-electron chi connectivity index (χ2n) is 26.9. The summed E-state index contributed by atoms with van der Waals surface area (Å²) in [5.74, 6) is -0.801. The minimum atomic E-state index is -4.39. The quantitative estimate of drug-likeness (QED) is 0.0264. The molecule has 10 heteroatoms. The smallest absolute Gasteiger partial charge is 0.462 e. The number of ether oxygens (including phenoxy) is 2. The van der Waals surface area contributed by atoms with Crippen molar-refractivity contribution in [3.05, 3.63) is 36.5 Å². The molecule has 0 amide bonds. The third-order valence-corrected chi connectivity index (χ3v) is 19.0. The van der Waals surface area contributed by atoms with Crippen molar-refractivity contribution in [2.75, 3.05) is 26.4 Å². The molecule has 0 aromatic rings. The zero-order chi connectivity index (χ0) is 64.4. The summed E-state index contributed by atoms with van der Waals surface area (Å²) < 4.78 is 33.3. The molecule has 2 atom stereocenters. The molecule has 89 heavy (non-hydrogen) atoms. The summed E-state index contributed by atoms with van der Waals surface area (Å²) >= 11 is 0. The maximum atomic E-state index is 12.8. The Morgan fingerprint density at radius 2 is 0.584 bits per heavy atom. The molecule has 2 unspecified atom stereocenters. The van der Waals surface area contributed by atoms with Crippen molar-refractivity contribution in [3.8, 4) is 0 Å². The normalized spacial score (nSPS) is 13.0. The number of nitrogens with two attached hydrogens (primary N) is 1. The summed E-state index contributed by atoms with van der Waals surface area (Å²) in [6.07, 6.45) is 95.7. The lowest BCUT2D eigenvalue weighted by atomic mass is 10.0. The number of phosphoric acid groups is 1. The summed E-state index contributed by atoms with van der Waals surface area (Å²) in [6.45, 7) is 3.82. The number of hydrogen-bond donors (Lipinski definition) is 2. The fourth-order valence-electron chi connectivity index (χ4n) is 12.1. The van der Waals surface area contributed by atoms with Crippen molar-refractivity contribution in [3.63, 3.8) is 0 Å². The van der Waals surface area contributed by atoms with Crippen molar-refractivity contribution >= 4 is 19.8 Å². The number of carbonyl (C=O) groups excluding carboxylic acids is 2. The van der Waals surface area contributed by atoms with Gasteiger partial charge in [0.25, 0.3) is 0 Å². The Kier molecular flexibility index (Phi) is 73.8. The highest BCUT2D eigenvalue weighted by Crippen LogP contribution is 2.43. The predicted octanol–water partition coefficient (Wildman–Crippen LogP) is 26.2. The maximum Gasteiger partial charge on any atom is 0.472 e. The van der Waals surface area contributed by atoms with Gasteiger partial charge in [0.2, 0.25) is 0 Å². The third-order valence-electron chi connectivity index (χ3n) is 18.0. The van der Waals surface area contributed by atoms with E-state index in [1.165, 1.54) is 353 Å². The fraction of sp³-hybridized carbons (Fsp3) is 0.899. The molecule has 0 saturated carbocycles. The van der Waals surface area contributed by atoms with E-state index in [2.05, 4.69) is 50.3 Å². The number of allylic oxidation sites excluding steroid dienone is 6. The van der Waals surface area contributed by atoms with Crippen LogP contribution in [0, 0.1) is 0 Å². The summed E-state index contributed by atoms with van der Waals surface area (Å²) in [5.41, 5.74) is 5.41. The van der Waals surface area contributed by atoms with Crippen LogP contribution < -0.4 is 5.73 Å². The fourth-order valence-corrected chi connectivity index (χ4v) is 12.9. The topological polar surface area (TPSA) is 134 Å². The molecule has 526 valence electrons. The second kappa shape index (κ2) is 75.3. The average molecular weight is 1280 g/mol. The van der Waals surface area contributed by atoms with Crippen molar-refractivity contribution in [2.45, 2.75) is 431 Å². The van der Waals surface area contributed by atoms with Gasteiger partial charge in [0.15, 0.2) is 6.10 Å². The maximum absolute atomic E-state index is 12.8. The highest BCUT2D eigenvalue weighted by molar-refractivity contribution is 7.47. The van der Waals surface area contributed by atoms with E-state index in [0.29, 0.717) is 6.42 Å². The van der Waals surface area contributed by atoms with E-state index in [4.69, 9.17) is 24.3 Å². The zero-order valence-electron chi connectivity index (χ0n) is 59.5. The van der Waals surface area contributed by atoms with Crippen molar-refractivity contribution in [1.82, 2.24) is 0 Å². The molecular weight excluding hydrogens is 1120 g/mol. The van der Waals surface area contributed by atoms with E-state index >= 15 is 0 Å². The molecule has 0 saturated heterocycles. The van der Waals surface area contributed by atoms with Gasteiger partial charge in [-0.1, -0.05) is 378 Å². The lowest BCUT2D eigenvalue weighted by molar-refractivity contribution is -0.161. The number of esters is 2. The Labute approximate surface area is 554 Å². The van der Waals surface area contributed by atoms with Gasteiger partial charge >= 0.3 is 19.8 Å². The summed E-state index contributed by atoms with van der Waals surface area (Å²) in [5, 5.41) is 0. The van der Waals surface area contributed by atoms with Crippen molar-refractivity contribution in [2.24, 2.45) is 5.73 Å². The van der Waals surface area contributed by atoms with E-state index in [9.17, 15) is 19.0 Å². The summed E-state index contributed by atoms with van der Waals surface area (Å²) in [7, 11) is -4.39. The molecule has 0 spiro atoms. The minimum Gasteiger partial charge on any atom is -0.462 e. The predicted molar refractivity (Wildman–Crippen MR) is 386 cm³/mol. The van der Waals surface area contributed by atoms with Gasteiger partial charge in [-0.3, -0.25) is 18.6 Å². The first-order valence-electron chi connectivity index (χ1n) is 39.5. The Balaban J connectivity index is 3.75. The first kappa shape index (κ1) is 87.2. The van der Waals surface area contributed by atoms with Gasteiger partial charge in [-0.05, 0) is 70.6 Å². The number of phosphoric ester groups is 1. The van der Waals surface area contributed by atoms with Gasteiger partial charge in [-0.2, -0.15) is 0 Å². The lowest BCUT2D eigenvalue weighted by Gasteiger charge is -2.19. The van der Waals surface area contributed by atoms with E-state index in [1.807, 2.05) is 0 Å². The molecule has 0 fully saturated rings. The second-order valence-corrected chi connectivity index (χ2v) is 28.4. The largest absolute Gasteiger partial charge is 0.472 e. The van der Waals surface area contributed by atoms with Gasteiger partial charge in [0.05, 0.1) is 13.2 Å². The standard InChI is InChI=1S/C79H152NO8P/c1-3-5-7-9-11-13-15-17-19-21-23-25-27-29-31-33-35-36-37-38-39-40-42-43-45-47-49-51-53-55-57-59-61-63-65-67-69-71-78(81)85-75-77(76-87-89(83,84)86-74-73-80)88-79(82)72-70-68-66-64-62-60-58-56-54-52-50-48-46-44-41-34-32-30-28-26-24-22-20-18-16-14-12-10-8-6-4-2/h16,18,21-24,77H,3-15,17,19-20,25-76,80H2,1-2H3,(H,83,84)/b18-16-,23-21-,24-22-. The molecule has 0 aliphatic carbocycles. The molecule has 0 aromatic carbocycles. The molecule has 0 aromatic heterocycles. The molecule has 3 N–H and O–H groups in total. The third kappa shape index (κ3) is 75.1. The number of hydrogen-bond acceptors (Lipinski definition) is 8. The van der Waals surface area contributed by atoms with Crippen LogP contribution >= 0.6 is 7.82 Å². The highest BCUT2D eigenvalue weighted by Gasteiger charge is 2.26. The average Bonchev–Trinajstić information content (AvgIpc) is 3.68. The van der Waals surface area contributed by atoms with Gasteiger partial charge in [-0.25, -0.2) is 4.57 Å². The monoisotopic (exact) mass is 1270 g/mol. The zero-order valence-corrected chi connectivity index (χ0v) is 60.3. The van der Waals surface area contributed by atoms with Crippen LogP contribution in [-0.2, 0) is 32.7 Å². The van der Waals surface area contributed by atoms with Crippen LogP contribution in [0.1, 0.15) is 425 Å². The highest BCUT2D eigenvalue weighted by atomic mass is 31.2. The van der Waals surface area contributed by atoms with Crippen LogP contribution in [0.15, 0.2) is 36.5 Å². The molecule has 0 aliphatic rings. The van der Waals surface area contributed by atoms with E-state index < -0.39 is 26.5 Å². The van der Waals surface area contributed by atoms with E-state index in [1.54, 1.807) is 0 Å². The van der Waals surface area contributed by atoms with Crippen LogP contribution in [0.3, 0.4) is 0 Å². The van der Waals surface area contributed by atoms with Crippen molar-refractivity contribution in [1.29, 1.82) is 0 Å².